The van der Waals surface area contributed by atoms with E-state index in [-0.39, 0.29) is 11.5 Å². The Balaban J connectivity index is 2.46. The number of nitrogens with one attached hydrogen (secondary N) is 1. The van der Waals surface area contributed by atoms with Crippen molar-refractivity contribution in [3.63, 3.8) is 0 Å². The van der Waals surface area contributed by atoms with Gasteiger partial charge in [0.25, 0.3) is 5.56 Å². The number of benzene rings is 1. The van der Waals surface area contributed by atoms with Crippen LogP contribution in [0.2, 0.25) is 0 Å². The summed E-state index contributed by atoms with van der Waals surface area (Å²) in [5, 5.41) is 0. The number of nitrogens with zero attached hydrogens (tertiary/aromatic N) is 1. The van der Waals surface area contributed by atoms with E-state index in [0.717, 1.165) is 23.5 Å². The molecule has 0 bridgehead atoms. The van der Waals surface area contributed by atoms with E-state index < -0.39 is 0 Å². The SMILES string of the molecule is CCc1ccc(-c2cc(=O)[nH]c(C(C)C)n2)cc1. The molecule has 2 rings (SSSR count). The Bertz CT molecular complexity index is 582. The summed E-state index contributed by atoms with van der Waals surface area (Å²) in [4.78, 5) is 18.9. The Morgan fingerprint density at radius 3 is 2.44 bits per heavy atom. The Kier molecular flexibility index (Phi) is 3.60. The van der Waals surface area contributed by atoms with Crippen LogP contribution in [-0.2, 0) is 6.42 Å². The van der Waals surface area contributed by atoms with Crippen LogP contribution in [0.25, 0.3) is 11.3 Å². The lowest BCUT2D eigenvalue weighted by molar-refractivity contribution is 0.768. The van der Waals surface area contributed by atoms with Crippen molar-refractivity contribution in [1.29, 1.82) is 0 Å². The molecule has 3 nitrogen and oxygen atoms in total. The molecule has 94 valence electrons. The molecule has 0 spiro atoms. The molecule has 1 aromatic carbocycles. The second-order valence-electron chi connectivity index (χ2n) is 4.72. The van der Waals surface area contributed by atoms with Crippen molar-refractivity contribution in [2.24, 2.45) is 0 Å². The molecule has 0 amide bonds. The summed E-state index contributed by atoms with van der Waals surface area (Å²) < 4.78 is 0. The molecule has 0 saturated heterocycles. The van der Waals surface area contributed by atoms with Gasteiger partial charge in [0.05, 0.1) is 5.69 Å². The number of aromatic amines is 1. The summed E-state index contributed by atoms with van der Waals surface area (Å²) in [5.74, 6) is 0.949. The molecule has 0 aliphatic heterocycles. The number of aryl methyl sites for hydroxylation is 1. The number of rotatable bonds is 3. The van der Waals surface area contributed by atoms with Gasteiger partial charge in [-0.2, -0.15) is 0 Å². The van der Waals surface area contributed by atoms with Gasteiger partial charge in [-0.05, 0) is 12.0 Å². The number of hydrogen-bond acceptors (Lipinski definition) is 2. The highest BCUT2D eigenvalue weighted by atomic mass is 16.1. The fourth-order valence-corrected chi connectivity index (χ4v) is 1.81. The molecule has 0 fully saturated rings. The zero-order valence-corrected chi connectivity index (χ0v) is 11.0. The molecule has 0 saturated carbocycles. The van der Waals surface area contributed by atoms with Gasteiger partial charge in [-0.1, -0.05) is 45.0 Å². The van der Waals surface area contributed by atoms with Crippen molar-refractivity contribution in [3.8, 4) is 11.3 Å². The van der Waals surface area contributed by atoms with Gasteiger partial charge >= 0.3 is 0 Å². The fourth-order valence-electron chi connectivity index (χ4n) is 1.81. The van der Waals surface area contributed by atoms with Crippen LogP contribution < -0.4 is 5.56 Å². The van der Waals surface area contributed by atoms with Crippen molar-refractivity contribution < 1.29 is 0 Å². The lowest BCUT2D eigenvalue weighted by Crippen LogP contribution is -2.12. The highest BCUT2D eigenvalue weighted by Gasteiger charge is 2.06. The van der Waals surface area contributed by atoms with Gasteiger partial charge in [0.1, 0.15) is 5.82 Å². The lowest BCUT2D eigenvalue weighted by Gasteiger charge is -2.07. The topological polar surface area (TPSA) is 45.8 Å². The zero-order chi connectivity index (χ0) is 13.1. The first-order chi connectivity index (χ1) is 8.60. The van der Waals surface area contributed by atoms with E-state index in [9.17, 15) is 4.79 Å². The third-order valence-corrected chi connectivity index (χ3v) is 2.96. The molecule has 0 unspecified atom stereocenters. The Labute approximate surface area is 107 Å². The molecule has 0 radical (unpaired) electrons. The molecule has 0 aliphatic rings. The summed E-state index contributed by atoms with van der Waals surface area (Å²) in [6.45, 7) is 6.15. The van der Waals surface area contributed by atoms with Gasteiger partial charge in [0.2, 0.25) is 0 Å². The van der Waals surface area contributed by atoms with Crippen LogP contribution in [0, 0.1) is 0 Å². The van der Waals surface area contributed by atoms with Gasteiger partial charge in [0, 0.05) is 17.5 Å². The summed E-state index contributed by atoms with van der Waals surface area (Å²) in [6, 6.07) is 9.74. The molecule has 1 N–H and O–H groups in total. The third-order valence-electron chi connectivity index (χ3n) is 2.96. The first kappa shape index (κ1) is 12.6. The normalized spacial score (nSPS) is 10.9. The summed E-state index contributed by atoms with van der Waals surface area (Å²) in [6.07, 6.45) is 1.01. The molecule has 2 aromatic rings. The van der Waals surface area contributed by atoms with E-state index in [1.54, 1.807) is 6.07 Å². The third kappa shape index (κ3) is 2.67. The summed E-state index contributed by atoms with van der Waals surface area (Å²) >= 11 is 0. The average molecular weight is 242 g/mol. The van der Waals surface area contributed by atoms with E-state index in [1.807, 2.05) is 26.0 Å². The molecule has 18 heavy (non-hydrogen) atoms. The first-order valence-electron chi connectivity index (χ1n) is 6.30. The van der Waals surface area contributed by atoms with Crippen molar-refractivity contribution in [3.05, 3.63) is 52.1 Å². The predicted octanol–water partition coefficient (Wildman–Crippen LogP) is 3.12. The molecule has 0 atom stereocenters. The van der Waals surface area contributed by atoms with Gasteiger partial charge in [-0.25, -0.2) is 4.98 Å². The van der Waals surface area contributed by atoms with Gasteiger partial charge in [-0.15, -0.1) is 0 Å². The first-order valence-corrected chi connectivity index (χ1v) is 6.30. The van der Waals surface area contributed by atoms with Crippen LogP contribution in [0.5, 0.6) is 0 Å². The van der Waals surface area contributed by atoms with Crippen molar-refractivity contribution in [2.75, 3.05) is 0 Å². The highest BCUT2D eigenvalue weighted by molar-refractivity contribution is 5.59. The number of H-pyrrole nitrogens is 1. The van der Waals surface area contributed by atoms with Gasteiger partial charge < -0.3 is 4.98 Å². The fraction of sp³-hybridized carbons (Fsp3) is 0.333. The maximum atomic E-state index is 11.6. The van der Waals surface area contributed by atoms with E-state index in [4.69, 9.17) is 0 Å². The molecular weight excluding hydrogens is 224 g/mol. The molecule has 1 aromatic heterocycles. The van der Waals surface area contributed by atoms with E-state index >= 15 is 0 Å². The standard InChI is InChI=1S/C15H18N2O/c1-4-11-5-7-12(8-6-11)13-9-14(18)17-15(16-13)10(2)3/h5-10H,4H2,1-3H3,(H,16,17,18). The average Bonchev–Trinajstić information content (AvgIpc) is 2.38. The minimum absolute atomic E-state index is 0.0942. The van der Waals surface area contributed by atoms with Gasteiger partial charge in [0.15, 0.2) is 0 Å². The molecule has 1 heterocycles. The minimum atomic E-state index is -0.0942. The van der Waals surface area contributed by atoms with Crippen molar-refractivity contribution >= 4 is 0 Å². The monoisotopic (exact) mass is 242 g/mol. The Morgan fingerprint density at radius 1 is 1.22 bits per heavy atom. The quantitative estimate of drug-likeness (QED) is 0.898. The Morgan fingerprint density at radius 2 is 1.89 bits per heavy atom. The molecule has 0 aliphatic carbocycles. The van der Waals surface area contributed by atoms with Crippen LogP contribution in [0.4, 0.5) is 0 Å². The van der Waals surface area contributed by atoms with Crippen LogP contribution in [0.1, 0.15) is 38.1 Å². The molecule has 3 heteroatoms. The van der Waals surface area contributed by atoms with Crippen molar-refractivity contribution in [2.45, 2.75) is 33.1 Å². The molecular formula is C15H18N2O. The van der Waals surface area contributed by atoms with Crippen molar-refractivity contribution in [1.82, 2.24) is 9.97 Å². The zero-order valence-electron chi connectivity index (χ0n) is 11.0. The van der Waals surface area contributed by atoms with Crippen LogP contribution >= 0.6 is 0 Å². The smallest absolute Gasteiger partial charge is 0.251 e. The van der Waals surface area contributed by atoms with Crippen LogP contribution in [0.15, 0.2) is 35.1 Å². The van der Waals surface area contributed by atoms with Crippen LogP contribution in [0.3, 0.4) is 0 Å². The van der Waals surface area contributed by atoms with Crippen LogP contribution in [-0.4, -0.2) is 9.97 Å². The van der Waals surface area contributed by atoms with E-state index in [1.165, 1.54) is 5.56 Å². The van der Waals surface area contributed by atoms with E-state index in [2.05, 4.69) is 29.0 Å². The number of aromatic nitrogens is 2. The van der Waals surface area contributed by atoms with Gasteiger partial charge in [-0.3, -0.25) is 4.79 Å². The van der Waals surface area contributed by atoms with E-state index in [0.29, 0.717) is 0 Å². The summed E-state index contributed by atoms with van der Waals surface area (Å²) in [5.41, 5.74) is 2.92. The minimum Gasteiger partial charge on any atom is -0.310 e. The Hall–Kier alpha value is -1.90. The second kappa shape index (κ2) is 5.17. The number of hydrogen-bond donors (Lipinski definition) is 1. The maximum absolute atomic E-state index is 11.6. The lowest BCUT2D eigenvalue weighted by atomic mass is 10.1. The second-order valence-corrected chi connectivity index (χ2v) is 4.72. The predicted molar refractivity (Wildman–Crippen MR) is 73.8 cm³/mol. The maximum Gasteiger partial charge on any atom is 0.251 e. The summed E-state index contributed by atoms with van der Waals surface area (Å²) in [7, 11) is 0. The largest absolute Gasteiger partial charge is 0.310 e. The highest BCUT2D eigenvalue weighted by Crippen LogP contribution is 2.18.